The molecule has 0 unspecified atom stereocenters. The van der Waals surface area contributed by atoms with Crippen molar-refractivity contribution in [2.75, 3.05) is 51.6 Å². The topological polar surface area (TPSA) is 55.9 Å². The molecular formula is C23H29ClN4O2. The molecule has 160 valence electrons. The van der Waals surface area contributed by atoms with Crippen molar-refractivity contribution in [2.24, 2.45) is 0 Å². The largest absolute Gasteiger partial charge is 0.339 e. The number of halogens is 1. The fraction of sp³-hybridized carbons (Fsp3) is 0.391. The molecule has 0 bridgehead atoms. The van der Waals surface area contributed by atoms with Crippen LogP contribution >= 0.6 is 11.6 Å². The summed E-state index contributed by atoms with van der Waals surface area (Å²) < 4.78 is 0. The van der Waals surface area contributed by atoms with Gasteiger partial charge in [-0.1, -0.05) is 41.4 Å². The maximum atomic E-state index is 12.6. The van der Waals surface area contributed by atoms with E-state index in [0.29, 0.717) is 13.1 Å². The van der Waals surface area contributed by atoms with Gasteiger partial charge in [-0.2, -0.15) is 0 Å². The van der Waals surface area contributed by atoms with Crippen LogP contribution in [-0.2, 0) is 16.1 Å². The van der Waals surface area contributed by atoms with E-state index in [1.165, 1.54) is 5.56 Å². The smallest absolute Gasteiger partial charge is 0.238 e. The Morgan fingerprint density at radius 1 is 1.03 bits per heavy atom. The standard InChI is InChI=1S/C23H29ClN4O2/c1-18-6-8-21(9-7-18)25-22(29)16-26(2)17-23(30)28-12-10-27(11-13-28)15-19-4-3-5-20(24)14-19/h3-9,14H,10-13,15-17H2,1-2H3,(H,25,29). The maximum Gasteiger partial charge on any atom is 0.238 e. The van der Waals surface area contributed by atoms with Crippen LogP contribution in [0.4, 0.5) is 5.69 Å². The zero-order valence-corrected chi connectivity index (χ0v) is 18.4. The van der Waals surface area contributed by atoms with Crippen LogP contribution in [0.5, 0.6) is 0 Å². The van der Waals surface area contributed by atoms with Crippen molar-refractivity contribution in [2.45, 2.75) is 13.5 Å². The van der Waals surface area contributed by atoms with Gasteiger partial charge in [-0.3, -0.25) is 19.4 Å². The highest BCUT2D eigenvalue weighted by Crippen LogP contribution is 2.14. The van der Waals surface area contributed by atoms with Gasteiger partial charge in [0.15, 0.2) is 0 Å². The summed E-state index contributed by atoms with van der Waals surface area (Å²) in [5, 5.41) is 3.61. The number of anilines is 1. The zero-order chi connectivity index (χ0) is 21.5. The molecule has 1 N–H and O–H groups in total. The van der Waals surface area contributed by atoms with Gasteiger partial charge in [0.2, 0.25) is 11.8 Å². The molecule has 1 fully saturated rings. The minimum atomic E-state index is -0.125. The minimum absolute atomic E-state index is 0.0584. The van der Waals surface area contributed by atoms with Crippen LogP contribution in [-0.4, -0.2) is 72.8 Å². The van der Waals surface area contributed by atoms with Gasteiger partial charge in [0, 0.05) is 43.4 Å². The normalized spacial score (nSPS) is 14.7. The molecule has 2 amide bonds. The summed E-state index contributed by atoms with van der Waals surface area (Å²) in [6.07, 6.45) is 0. The molecule has 0 radical (unpaired) electrons. The molecule has 1 aliphatic heterocycles. The van der Waals surface area contributed by atoms with E-state index in [4.69, 9.17) is 11.6 Å². The summed E-state index contributed by atoms with van der Waals surface area (Å²) in [4.78, 5) is 30.8. The van der Waals surface area contributed by atoms with E-state index in [1.54, 1.807) is 11.9 Å². The Balaban J connectivity index is 1.39. The second-order valence-corrected chi connectivity index (χ2v) is 8.31. The van der Waals surface area contributed by atoms with Gasteiger partial charge in [-0.25, -0.2) is 0 Å². The first-order valence-electron chi connectivity index (χ1n) is 10.2. The molecule has 3 rings (SSSR count). The van der Waals surface area contributed by atoms with Gasteiger partial charge >= 0.3 is 0 Å². The highest BCUT2D eigenvalue weighted by atomic mass is 35.5. The quantitative estimate of drug-likeness (QED) is 0.736. The number of likely N-dealkylation sites (N-methyl/N-ethyl adjacent to an activating group) is 1. The number of nitrogens with one attached hydrogen (secondary N) is 1. The number of hydrogen-bond acceptors (Lipinski definition) is 4. The monoisotopic (exact) mass is 428 g/mol. The molecule has 6 nitrogen and oxygen atoms in total. The molecular weight excluding hydrogens is 400 g/mol. The number of amides is 2. The lowest BCUT2D eigenvalue weighted by atomic mass is 10.2. The molecule has 1 saturated heterocycles. The molecule has 1 aliphatic rings. The predicted molar refractivity (Wildman–Crippen MR) is 121 cm³/mol. The lowest BCUT2D eigenvalue weighted by Gasteiger charge is -2.35. The maximum absolute atomic E-state index is 12.6. The molecule has 0 saturated carbocycles. The summed E-state index contributed by atoms with van der Waals surface area (Å²) in [6, 6.07) is 15.5. The molecule has 2 aromatic carbocycles. The Morgan fingerprint density at radius 3 is 2.40 bits per heavy atom. The van der Waals surface area contributed by atoms with Crippen molar-refractivity contribution in [1.29, 1.82) is 0 Å². The van der Waals surface area contributed by atoms with Crippen molar-refractivity contribution in [3.05, 3.63) is 64.7 Å². The van der Waals surface area contributed by atoms with Gasteiger partial charge in [-0.15, -0.1) is 0 Å². The third-order valence-corrected chi connectivity index (χ3v) is 5.41. The van der Waals surface area contributed by atoms with Crippen LogP contribution in [0.25, 0.3) is 0 Å². The van der Waals surface area contributed by atoms with E-state index in [9.17, 15) is 9.59 Å². The van der Waals surface area contributed by atoms with Gasteiger partial charge in [-0.05, 0) is 43.8 Å². The van der Waals surface area contributed by atoms with E-state index >= 15 is 0 Å². The Morgan fingerprint density at radius 2 is 1.73 bits per heavy atom. The summed E-state index contributed by atoms with van der Waals surface area (Å²) in [5.74, 6) is -0.0662. The molecule has 0 atom stereocenters. The second kappa shape index (κ2) is 10.6. The molecule has 7 heteroatoms. The van der Waals surface area contributed by atoms with Crippen LogP contribution in [0.3, 0.4) is 0 Å². The SMILES string of the molecule is Cc1ccc(NC(=O)CN(C)CC(=O)N2CCN(Cc3cccc(Cl)c3)CC2)cc1. The Bertz CT molecular complexity index is 864. The van der Waals surface area contributed by atoms with Crippen molar-refractivity contribution in [3.63, 3.8) is 0 Å². The summed E-state index contributed by atoms with van der Waals surface area (Å²) >= 11 is 6.06. The zero-order valence-electron chi connectivity index (χ0n) is 17.6. The number of carbonyl (C=O) groups excluding carboxylic acids is 2. The van der Waals surface area contributed by atoms with Crippen molar-refractivity contribution < 1.29 is 9.59 Å². The van der Waals surface area contributed by atoms with Crippen LogP contribution in [0.2, 0.25) is 5.02 Å². The first-order chi connectivity index (χ1) is 14.4. The van der Waals surface area contributed by atoms with E-state index in [-0.39, 0.29) is 24.9 Å². The molecule has 1 heterocycles. The Labute approximate surface area is 183 Å². The molecule has 2 aromatic rings. The van der Waals surface area contributed by atoms with Crippen molar-refractivity contribution in [1.82, 2.24) is 14.7 Å². The fourth-order valence-electron chi connectivity index (χ4n) is 3.52. The highest BCUT2D eigenvalue weighted by molar-refractivity contribution is 6.30. The molecule has 0 aliphatic carbocycles. The first-order valence-corrected chi connectivity index (χ1v) is 10.6. The van der Waals surface area contributed by atoms with Crippen molar-refractivity contribution >= 4 is 29.1 Å². The summed E-state index contributed by atoms with van der Waals surface area (Å²) in [5.41, 5.74) is 3.09. The third-order valence-electron chi connectivity index (χ3n) is 5.17. The number of rotatable bonds is 7. The Kier molecular flexibility index (Phi) is 7.85. The second-order valence-electron chi connectivity index (χ2n) is 7.87. The average molecular weight is 429 g/mol. The summed E-state index contributed by atoms with van der Waals surface area (Å²) in [7, 11) is 1.79. The fourth-order valence-corrected chi connectivity index (χ4v) is 3.73. The highest BCUT2D eigenvalue weighted by Gasteiger charge is 2.22. The third kappa shape index (κ3) is 6.83. The van der Waals surface area contributed by atoms with Crippen molar-refractivity contribution in [3.8, 4) is 0 Å². The lowest BCUT2D eigenvalue weighted by Crippen LogP contribution is -2.51. The average Bonchev–Trinajstić information content (AvgIpc) is 2.70. The predicted octanol–water partition coefficient (Wildman–Crippen LogP) is 2.86. The number of nitrogens with zero attached hydrogens (tertiary/aromatic N) is 3. The lowest BCUT2D eigenvalue weighted by molar-refractivity contribution is -0.134. The van der Waals surface area contributed by atoms with Crippen LogP contribution in [0.1, 0.15) is 11.1 Å². The summed E-state index contributed by atoms with van der Waals surface area (Å²) in [6.45, 7) is 6.30. The number of carbonyl (C=O) groups is 2. The first kappa shape index (κ1) is 22.3. The van der Waals surface area contributed by atoms with Gasteiger partial charge < -0.3 is 10.2 Å². The van der Waals surface area contributed by atoms with Gasteiger partial charge in [0.05, 0.1) is 13.1 Å². The number of hydrogen-bond donors (Lipinski definition) is 1. The van der Waals surface area contributed by atoms with E-state index in [1.807, 2.05) is 54.3 Å². The van der Waals surface area contributed by atoms with E-state index < -0.39 is 0 Å². The Hall–Kier alpha value is -2.41. The molecule has 0 aromatic heterocycles. The number of benzene rings is 2. The van der Waals surface area contributed by atoms with Crippen LogP contribution in [0.15, 0.2) is 48.5 Å². The molecule has 30 heavy (non-hydrogen) atoms. The molecule has 0 spiro atoms. The van der Waals surface area contributed by atoms with Gasteiger partial charge in [0.25, 0.3) is 0 Å². The van der Waals surface area contributed by atoms with Crippen LogP contribution < -0.4 is 5.32 Å². The van der Waals surface area contributed by atoms with E-state index in [0.717, 1.165) is 35.9 Å². The van der Waals surface area contributed by atoms with E-state index in [2.05, 4.69) is 16.3 Å². The van der Waals surface area contributed by atoms with Crippen LogP contribution in [0, 0.1) is 6.92 Å². The minimum Gasteiger partial charge on any atom is -0.339 e. The number of piperazine rings is 1. The van der Waals surface area contributed by atoms with Gasteiger partial charge in [0.1, 0.15) is 0 Å². The number of aryl methyl sites for hydroxylation is 1.